The molecule has 1 aliphatic rings. The first-order valence-electron chi connectivity index (χ1n) is 7.95. The van der Waals surface area contributed by atoms with Gasteiger partial charge in [0.1, 0.15) is 5.82 Å². The second-order valence-corrected chi connectivity index (χ2v) is 7.11. The smallest absolute Gasteiger partial charge is 0.266 e. The Hall–Kier alpha value is -1.90. The summed E-state index contributed by atoms with van der Waals surface area (Å²) in [5.74, 6) is -1.70. The van der Waals surface area contributed by atoms with Crippen molar-refractivity contribution in [3.05, 3.63) is 5.82 Å². The van der Waals surface area contributed by atoms with Crippen molar-refractivity contribution in [2.75, 3.05) is 31.7 Å². The highest BCUT2D eigenvalue weighted by Gasteiger charge is 2.40. The summed E-state index contributed by atoms with van der Waals surface area (Å²) >= 11 is 0. The maximum absolute atomic E-state index is 13.6. The molecule has 0 saturated carbocycles. The molecule has 24 heavy (non-hydrogen) atoms. The molecule has 0 spiro atoms. The summed E-state index contributed by atoms with van der Waals surface area (Å²) < 4.78 is 32.3. The molecule has 7 nitrogen and oxygen atoms in total. The summed E-state index contributed by atoms with van der Waals surface area (Å²) in [5, 5.41) is 8.73. The fourth-order valence-electron chi connectivity index (χ4n) is 2.58. The van der Waals surface area contributed by atoms with Crippen LogP contribution in [0.5, 0.6) is 0 Å². The quantitative estimate of drug-likeness (QED) is 0.848. The van der Waals surface area contributed by atoms with E-state index in [2.05, 4.69) is 20.2 Å². The fraction of sp³-hybridized carbons (Fsp3) is 0.733. The molecule has 0 amide bonds. The summed E-state index contributed by atoms with van der Waals surface area (Å²) in [5.41, 5.74) is 0.564. The number of nitrogens with zero attached hydrogens (tertiary/aromatic N) is 6. The summed E-state index contributed by atoms with van der Waals surface area (Å²) in [7, 11) is 1.60. The number of aromatic nitrogens is 5. The van der Waals surface area contributed by atoms with Crippen LogP contribution in [0.15, 0.2) is 0 Å². The standard InChI is InChI=1S/C15H22F2N6O/c1-14(2,3)13-18-11-10(20-23(21-11)7-8-24-4)12(19-13)22-6-5-15(16,17)9-22/h5-9H2,1-4H3. The number of hydrogen-bond donors (Lipinski definition) is 0. The predicted molar refractivity (Wildman–Crippen MR) is 85.5 cm³/mol. The van der Waals surface area contributed by atoms with Crippen molar-refractivity contribution in [2.24, 2.45) is 0 Å². The lowest BCUT2D eigenvalue weighted by molar-refractivity contribution is 0.0257. The highest BCUT2D eigenvalue weighted by molar-refractivity contribution is 5.82. The van der Waals surface area contributed by atoms with Crippen LogP contribution in [0.4, 0.5) is 14.6 Å². The van der Waals surface area contributed by atoms with E-state index in [1.165, 1.54) is 4.80 Å². The lowest BCUT2D eigenvalue weighted by atomic mass is 9.96. The first-order valence-corrected chi connectivity index (χ1v) is 7.95. The van der Waals surface area contributed by atoms with E-state index in [1.807, 2.05) is 20.8 Å². The highest BCUT2D eigenvalue weighted by Crippen LogP contribution is 2.33. The van der Waals surface area contributed by atoms with Gasteiger partial charge in [-0.3, -0.25) is 0 Å². The van der Waals surface area contributed by atoms with Crippen LogP contribution in [0, 0.1) is 0 Å². The maximum atomic E-state index is 13.6. The third-order valence-corrected chi connectivity index (χ3v) is 3.91. The molecular formula is C15H22F2N6O. The van der Waals surface area contributed by atoms with E-state index in [4.69, 9.17) is 4.74 Å². The Morgan fingerprint density at radius 1 is 1.21 bits per heavy atom. The molecule has 3 heterocycles. The van der Waals surface area contributed by atoms with Gasteiger partial charge < -0.3 is 9.64 Å². The zero-order valence-corrected chi connectivity index (χ0v) is 14.4. The SMILES string of the molecule is COCCn1nc2nc(C(C)(C)C)nc(N3CCC(F)(F)C3)c2n1. The lowest BCUT2D eigenvalue weighted by Gasteiger charge is -2.21. The van der Waals surface area contributed by atoms with Crippen molar-refractivity contribution >= 4 is 17.0 Å². The van der Waals surface area contributed by atoms with E-state index in [0.717, 1.165) is 0 Å². The number of fused-ring (bicyclic) bond motifs is 1. The number of hydrogen-bond acceptors (Lipinski definition) is 6. The average Bonchev–Trinajstić information content (AvgIpc) is 3.05. The van der Waals surface area contributed by atoms with Crippen molar-refractivity contribution in [1.82, 2.24) is 25.0 Å². The molecule has 3 rings (SSSR count). The zero-order chi connectivity index (χ0) is 17.5. The van der Waals surface area contributed by atoms with Gasteiger partial charge in [0.05, 0.1) is 19.7 Å². The van der Waals surface area contributed by atoms with Crippen LogP contribution >= 0.6 is 0 Å². The molecule has 132 valence electrons. The first kappa shape index (κ1) is 16.9. The average molecular weight is 340 g/mol. The van der Waals surface area contributed by atoms with Crippen molar-refractivity contribution < 1.29 is 13.5 Å². The number of rotatable bonds is 4. The summed E-state index contributed by atoms with van der Waals surface area (Å²) in [6.07, 6.45) is -0.179. The minimum Gasteiger partial charge on any atom is -0.383 e. The number of alkyl halides is 2. The molecule has 1 aliphatic heterocycles. The summed E-state index contributed by atoms with van der Waals surface area (Å²) in [6.45, 7) is 6.75. The number of methoxy groups -OCH3 is 1. The van der Waals surface area contributed by atoms with Gasteiger partial charge in [0.2, 0.25) is 5.65 Å². The first-order chi connectivity index (χ1) is 11.2. The predicted octanol–water partition coefficient (Wildman–Crippen LogP) is 2.01. The van der Waals surface area contributed by atoms with Crippen molar-refractivity contribution in [2.45, 2.75) is 45.1 Å². The minimum absolute atomic E-state index is 0.179. The molecule has 1 saturated heterocycles. The molecule has 0 aromatic carbocycles. The van der Waals surface area contributed by atoms with Crippen LogP contribution < -0.4 is 4.90 Å². The molecule has 0 bridgehead atoms. The molecule has 0 atom stereocenters. The molecule has 1 fully saturated rings. The van der Waals surface area contributed by atoms with Gasteiger partial charge in [0, 0.05) is 25.5 Å². The largest absolute Gasteiger partial charge is 0.383 e. The van der Waals surface area contributed by atoms with E-state index >= 15 is 0 Å². The van der Waals surface area contributed by atoms with Crippen LogP contribution in [0.25, 0.3) is 11.2 Å². The molecule has 2 aromatic heterocycles. The second-order valence-electron chi connectivity index (χ2n) is 7.11. The summed E-state index contributed by atoms with van der Waals surface area (Å²) in [4.78, 5) is 12.1. The normalized spacial score (nSPS) is 17.8. The Morgan fingerprint density at radius 2 is 1.96 bits per heavy atom. The van der Waals surface area contributed by atoms with Gasteiger partial charge in [-0.25, -0.2) is 18.7 Å². The minimum atomic E-state index is -2.70. The van der Waals surface area contributed by atoms with Crippen LogP contribution in [-0.2, 0) is 16.7 Å². The highest BCUT2D eigenvalue weighted by atomic mass is 19.3. The van der Waals surface area contributed by atoms with Gasteiger partial charge in [-0.1, -0.05) is 20.8 Å². The van der Waals surface area contributed by atoms with Gasteiger partial charge in [0.15, 0.2) is 11.3 Å². The molecule has 0 unspecified atom stereocenters. The van der Waals surface area contributed by atoms with Gasteiger partial charge >= 0.3 is 0 Å². The molecule has 0 N–H and O–H groups in total. The molecule has 0 radical (unpaired) electrons. The monoisotopic (exact) mass is 340 g/mol. The third kappa shape index (κ3) is 3.31. The Kier molecular flexibility index (Phi) is 4.15. The molecule has 2 aromatic rings. The molecule has 0 aliphatic carbocycles. The van der Waals surface area contributed by atoms with E-state index < -0.39 is 5.92 Å². The Labute approximate surface area is 139 Å². The maximum Gasteiger partial charge on any atom is 0.266 e. The Balaban J connectivity index is 2.08. The van der Waals surface area contributed by atoms with Crippen molar-refractivity contribution in [1.29, 1.82) is 0 Å². The summed E-state index contributed by atoms with van der Waals surface area (Å²) in [6, 6.07) is 0. The number of halogens is 2. The van der Waals surface area contributed by atoms with Gasteiger partial charge in [0.25, 0.3) is 5.92 Å². The van der Waals surface area contributed by atoms with Crippen LogP contribution in [0.1, 0.15) is 33.0 Å². The van der Waals surface area contributed by atoms with E-state index in [-0.39, 0.29) is 24.9 Å². The van der Waals surface area contributed by atoms with E-state index in [0.29, 0.717) is 36.0 Å². The third-order valence-electron chi connectivity index (χ3n) is 3.91. The van der Waals surface area contributed by atoms with Crippen LogP contribution in [-0.4, -0.2) is 57.7 Å². The van der Waals surface area contributed by atoms with Crippen LogP contribution in [0.2, 0.25) is 0 Å². The fourth-order valence-corrected chi connectivity index (χ4v) is 2.58. The van der Waals surface area contributed by atoms with Crippen LogP contribution in [0.3, 0.4) is 0 Å². The second kappa shape index (κ2) is 5.87. The Bertz CT molecular complexity index is 739. The van der Waals surface area contributed by atoms with Gasteiger partial charge in [-0.2, -0.15) is 4.80 Å². The van der Waals surface area contributed by atoms with E-state index in [9.17, 15) is 8.78 Å². The Morgan fingerprint density at radius 3 is 2.54 bits per heavy atom. The molecular weight excluding hydrogens is 318 g/mol. The zero-order valence-electron chi connectivity index (χ0n) is 14.4. The number of ether oxygens (including phenoxy) is 1. The topological polar surface area (TPSA) is 69.0 Å². The molecule has 9 heteroatoms. The van der Waals surface area contributed by atoms with Gasteiger partial charge in [-0.05, 0) is 0 Å². The number of anilines is 1. The van der Waals surface area contributed by atoms with Crippen molar-refractivity contribution in [3.63, 3.8) is 0 Å². The lowest BCUT2D eigenvalue weighted by Crippen LogP contribution is -2.27. The van der Waals surface area contributed by atoms with E-state index in [1.54, 1.807) is 12.0 Å². The van der Waals surface area contributed by atoms with Gasteiger partial charge in [-0.15, -0.1) is 10.2 Å². The van der Waals surface area contributed by atoms with Crippen molar-refractivity contribution in [3.8, 4) is 0 Å².